The number of hydrogen-bond donors (Lipinski definition) is 0. The van der Waals surface area contributed by atoms with Gasteiger partial charge in [-0.15, -0.1) is 0 Å². The first-order valence-electron chi connectivity index (χ1n) is 8.19. The highest BCUT2D eigenvalue weighted by atomic mass is 79.9. The van der Waals surface area contributed by atoms with Crippen molar-refractivity contribution < 1.29 is 0 Å². The maximum Gasteiger partial charge on any atom is 0.0195 e. The lowest BCUT2D eigenvalue weighted by Gasteiger charge is -2.23. The fourth-order valence-electron chi connectivity index (χ4n) is 4.40. The maximum atomic E-state index is 3.57. The van der Waals surface area contributed by atoms with Crippen molar-refractivity contribution in [1.82, 2.24) is 4.90 Å². The molecule has 0 spiro atoms. The molecule has 0 N–H and O–H groups in total. The summed E-state index contributed by atoms with van der Waals surface area (Å²) in [5, 5.41) is 2.66. The van der Waals surface area contributed by atoms with Crippen LogP contribution in [0.25, 0.3) is 16.3 Å². The molecule has 1 fully saturated rings. The van der Waals surface area contributed by atoms with Crippen LogP contribution >= 0.6 is 15.9 Å². The highest BCUT2D eigenvalue weighted by molar-refractivity contribution is 9.10. The van der Waals surface area contributed by atoms with E-state index in [4.69, 9.17) is 0 Å². The molecule has 2 aliphatic rings. The molecular weight excluding hydrogens is 334 g/mol. The van der Waals surface area contributed by atoms with Crippen LogP contribution in [0.2, 0.25) is 0 Å². The number of hydrogen-bond acceptors (Lipinski definition) is 1. The summed E-state index contributed by atoms with van der Waals surface area (Å²) < 4.78 is 1.15. The predicted octanol–water partition coefficient (Wildman–Crippen LogP) is 5.35. The minimum absolute atomic E-state index is 0.799. The summed E-state index contributed by atoms with van der Waals surface area (Å²) in [6.07, 6.45) is 4.17. The molecule has 0 saturated heterocycles. The number of likely N-dealkylation sites (N-methyl/N-ethyl adjacent to an activating group) is 1. The molecule has 2 aliphatic carbocycles. The van der Waals surface area contributed by atoms with Crippen LogP contribution in [0.1, 0.15) is 24.8 Å². The molecule has 0 amide bonds. The van der Waals surface area contributed by atoms with E-state index in [1.807, 2.05) is 0 Å². The van der Waals surface area contributed by atoms with Crippen LogP contribution in [0.15, 0.2) is 46.4 Å². The topological polar surface area (TPSA) is 3.24 Å². The van der Waals surface area contributed by atoms with Gasteiger partial charge in [-0.3, -0.25) is 0 Å². The van der Waals surface area contributed by atoms with Crippen molar-refractivity contribution in [3.05, 3.63) is 52.0 Å². The van der Waals surface area contributed by atoms with Crippen molar-refractivity contribution in [1.29, 1.82) is 0 Å². The van der Waals surface area contributed by atoms with Crippen LogP contribution in [-0.4, -0.2) is 25.5 Å². The maximum absolute atomic E-state index is 3.57. The van der Waals surface area contributed by atoms with Gasteiger partial charge in [-0.25, -0.2) is 0 Å². The Kier molecular flexibility index (Phi) is 3.62. The highest BCUT2D eigenvalue weighted by Gasteiger charge is 2.39. The monoisotopic (exact) mass is 355 g/mol. The van der Waals surface area contributed by atoms with Gasteiger partial charge in [0.05, 0.1) is 0 Å². The SMILES string of the molecule is CN(C)CC1=C(c2ccc3cc(Br)ccc3c2)C2CCC1C2. The second-order valence-electron chi connectivity index (χ2n) is 7.09. The third-order valence-corrected chi connectivity index (χ3v) is 5.77. The minimum atomic E-state index is 0.799. The summed E-state index contributed by atoms with van der Waals surface area (Å²) in [6, 6.07) is 13.6. The van der Waals surface area contributed by atoms with Crippen LogP contribution in [0.5, 0.6) is 0 Å². The van der Waals surface area contributed by atoms with Crippen molar-refractivity contribution in [3.8, 4) is 0 Å². The quantitative estimate of drug-likeness (QED) is 0.717. The third kappa shape index (κ3) is 2.43. The Morgan fingerprint density at radius 2 is 1.73 bits per heavy atom. The lowest BCUT2D eigenvalue weighted by atomic mass is 9.86. The zero-order valence-electron chi connectivity index (χ0n) is 13.3. The molecule has 2 aromatic rings. The number of allylic oxidation sites excluding steroid dienone is 1. The number of halogens is 1. The summed E-state index contributed by atoms with van der Waals surface area (Å²) in [5.41, 5.74) is 4.83. The Balaban J connectivity index is 1.82. The zero-order valence-corrected chi connectivity index (χ0v) is 14.9. The molecule has 0 heterocycles. The number of rotatable bonds is 3. The van der Waals surface area contributed by atoms with E-state index in [2.05, 4.69) is 71.3 Å². The third-order valence-electron chi connectivity index (χ3n) is 5.28. The van der Waals surface area contributed by atoms with Crippen LogP contribution in [0.3, 0.4) is 0 Å². The summed E-state index contributed by atoms with van der Waals surface area (Å²) in [6.45, 7) is 1.12. The first-order chi connectivity index (χ1) is 10.6. The van der Waals surface area contributed by atoms with Crippen molar-refractivity contribution in [3.63, 3.8) is 0 Å². The molecule has 2 aromatic carbocycles. The minimum Gasteiger partial charge on any atom is -0.305 e. The van der Waals surface area contributed by atoms with Crippen molar-refractivity contribution >= 4 is 32.3 Å². The highest BCUT2D eigenvalue weighted by Crippen LogP contribution is 2.52. The Hall–Kier alpha value is -1.12. The molecular formula is C20H22BrN. The summed E-state index contributed by atoms with van der Waals surface area (Å²) >= 11 is 3.57. The van der Waals surface area contributed by atoms with Gasteiger partial charge in [0.1, 0.15) is 0 Å². The Bertz CT molecular complexity index is 759. The van der Waals surface area contributed by atoms with Gasteiger partial charge in [0, 0.05) is 11.0 Å². The summed E-state index contributed by atoms with van der Waals surface area (Å²) in [4.78, 5) is 2.33. The van der Waals surface area contributed by atoms with Gasteiger partial charge >= 0.3 is 0 Å². The average molecular weight is 356 g/mol. The lowest BCUT2D eigenvalue weighted by Crippen LogP contribution is -2.19. The molecule has 22 heavy (non-hydrogen) atoms. The molecule has 114 valence electrons. The molecule has 2 heteroatoms. The fraction of sp³-hybridized carbons (Fsp3) is 0.400. The van der Waals surface area contributed by atoms with Gasteiger partial charge in [-0.1, -0.05) is 34.1 Å². The van der Waals surface area contributed by atoms with E-state index < -0.39 is 0 Å². The van der Waals surface area contributed by atoms with Crippen LogP contribution < -0.4 is 0 Å². The van der Waals surface area contributed by atoms with Crippen molar-refractivity contribution in [2.45, 2.75) is 19.3 Å². The van der Waals surface area contributed by atoms with Gasteiger partial charge in [0.25, 0.3) is 0 Å². The number of nitrogens with zero attached hydrogens (tertiary/aromatic N) is 1. The van der Waals surface area contributed by atoms with Crippen LogP contribution in [0.4, 0.5) is 0 Å². The molecule has 2 unspecified atom stereocenters. The Morgan fingerprint density at radius 1 is 1.00 bits per heavy atom. The lowest BCUT2D eigenvalue weighted by molar-refractivity contribution is 0.423. The summed E-state index contributed by atoms with van der Waals surface area (Å²) in [5.74, 6) is 1.64. The van der Waals surface area contributed by atoms with Crippen LogP contribution in [0, 0.1) is 11.8 Å². The van der Waals surface area contributed by atoms with E-state index >= 15 is 0 Å². The van der Waals surface area contributed by atoms with Crippen molar-refractivity contribution in [2.24, 2.45) is 11.8 Å². The molecule has 2 bridgehead atoms. The van der Waals surface area contributed by atoms with Gasteiger partial charge < -0.3 is 4.90 Å². The first kappa shape index (κ1) is 14.5. The Labute approximate surface area is 141 Å². The molecule has 0 aromatic heterocycles. The van der Waals surface area contributed by atoms with Gasteiger partial charge in [0.15, 0.2) is 0 Å². The van der Waals surface area contributed by atoms with Gasteiger partial charge in [-0.2, -0.15) is 0 Å². The van der Waals surface area contributed by atoms with Crippen LogP contribution in [-0.2, 0) is 0 Å². The molecule has 2 atom stereocenters. The first-order valence-corrected chi connectivity index (χ1v) is 8.98. The molecule has 1 nitrogen and oxygen atoms in total. The number of fused-ring (bicyclic) bond motifs is 3. The van der Waals surface area contributed by atoms with Gasteiger partial charge in [-0.05, 0) is 90.9 Å². The smallest absolute Gasteiger partial charge is 0.0195 e. The largest absolute Gasteiger partial charge is 0.305 e. The van der Waals surface area contributed by atoms with Gasteiger partial charge in [0.2, 0.25) is 0 Å². The Morgan fingerprint density at radius 3 is 2.55 bits per heavy atom. The predicted molar refractivity (Wildman–Crippen MR) is 98.0 cm³/mol. The molecule has 1 saturated carbocycles. The second kappa shape index (κ2) is 5.50. The standard InChI is InChI=1S/C20H22BrN/c1-22(2)12-19-15-4-6-17(10-15)20(19)16-5-3-14-11-18(21)8-7-13(14)9-16/h3,5,7-9,11,15,17H,4,6,10,12H2,1-2H3. The molecule has 0 radical (unpaired) electrons. The average Bonchev–Trinajstić information content (AvgIpc) is 3.07. The zero-order chi connectivity index (χ0) is 15.3. The second-order valence-corrected chi connectivity index (χ2v) is 8.01. The van der Waals surface area contributed by atoms with E-state index in [0.717, 1.165) is 22.9 Å². The van der Waals surface area contributed by atoms with Crippen molar-refractivity contribution in [2.75, 3.05) is 20.6 Å². The molecule has 4 rings (SSSR count). The number of benzene rings is 2. The van der Waals surface area contributed by atoms with E-state index in [9.17, 15) is 0 Å². The van der Waals surface area contributed by atoms with E-state index in [1.165, 1.54) is 35.6 Å². The van der Waals surface area contributed by atoms with E-state index in [1.54, 1.807) is 11.1 Å². The fourth-order valence-corrected chi connectivity index (χ4v) is 4.78. The molecule has 0 aliphatic heterocycles. The van der Waals surface area contributed by atoms with E-state index in [0.29, 0.717) is 0 Å². The summed E-state index contributed by atoms with van der Waals surface area (Å²) in [7, 11) is 4.38. The van der Waals surface area contributed by atoms with E-state index in [-0.39, 0.29) is 0 Å². The normalized spacial score (nSPS) is 24.0.